The fraction of sp³-hybridized carbons (Fsp3) is 0.368. The quantitative estimate of drug-likeness (QED) is 0.634. The second kappa shape index (κ2) is 8.29. The molecule has 0 saturated carbocycles. The Hall–Kier alpha value is -1.88. The Morgan fingerprint density at radius 3 is 2.79 bits per heavy atom. The average molecular weight is 387 g/mol. The van der Waals surface area contributed by atoms with E-state index in [0.717, 1.165) is 40.6 Å². The van der Waals surface area contributed by atoms with Gasteiger partial charge in [-0.1, -0.05) is 33.6 Å². The van der Waals surface area contributed by atoms with Gasteiger partial charge >= 0.3 is 0 Å². The molecule has 126 valence electrons. The van der Waals surface area contributed by atoms with Crippen LogP contribution in [-0.4, -0.2) is 16.5 Å². The van der Waals surface area contributed by atoms with Gasteiger partial charge in [-0.2, -0.15) is 0 Å². The van der Waals surface area contributed by atoms with E-state index < -0.39 is 0 Å². The van der Waals surface area contributed by atoms with E-state index in [9.17, 15) is 0 Å². The Labute approximate surface area is 151 Å². The molecule has 3 rings (SSSR count). The van der Waals surface area contributed by atoms with Gasteiger partial charge in [0, 0.05) is 22.8 Å². The number of rotatable bonds is 6. The molecule has 0 atom stereocenters. The van der Waals surface area contributed by atoms with Crippen LogP contribution in [-0.2, 0) is 0 Å². The molecule has 1 aliphatic carbocycles. The highest BCUT2D eigenvalue weighted by Gasteiger charge is 2.05. The molecule has 0 fully saturated rings. The van der Waals surface area contributed by atoms with Crippen LogP contribution in [0.1, 0.15) is 37.9 Å². The molecular formula is C19H23BrN4. The molecule has 24 heavy (non-hydrogen) atoms. The van der Waals surface area contributed by atoms with Crippen LogP contribution in [0.5, 0.6) is 0 Å². The van der Waals surface area contributed by atoms with Crippen molar-refractivity contribution >= 4 is 33.3 Å². The maximum absolute atomic E-state index is 4.48. The van der Waals surface area contributed by atoms with Crippen LogP contribution in [0.15, 0.2) is 46.5 Å². The normalized spacial score (nSPS) is 14.2. The number of hydrogen-bond donors (Lipinski definition) is 2. The zero-order chi connectivity index (χ0) is 16.8. The summed E-state index contributed by atoms with van der Waals surface area (Å²) in [6.07, 6.45) is 8.66. The van der Waals surface area contributed by atoms with Gasteiger partial charge in [0.25, 0.3) is 0 Å². The first-order valence-corrected chi connectivity index (χ1v) is 9.28. The zero-order valence-electron chi connectivity index (χ0n) is 14.0. The second-order valence-corrected chi connectivity index (χ2v) is 7.02. The van der Waals surface area contributed by atoms with Gasteiger partial charge in [0.15, 0.2) is 0 Å². The molecule has 4 nitrogen and oxygen atoms in total. The molecule has 1 aromatic heterocycles. The number of halogens is 1. The van der Waals surface area contributed by atoms with Crippen LogP contribution < -0.4 is 10.6 Å². The van der Waals surface area contributed by atoms with Crippen LogP contribution in [0, 0.1) is 6.92 Å². The SMILES string of the molecule is Cc1nc(NCCC2=CCCCC2)cc(Nc2cccc(Br)c2)n1. The monoisotopic (exact) mass is 386 g/mol. The maximum Gasteiger partial charge on any atom is 0.136 e. The van der Waals surface area contributed by atoms with Gasteiger partial charge in [0.1, 0.15) is 17.5 Å². The van der Waals surface area contributed by atoms with E-state index in [4.69, 9.17) is 0 Å². The summed E-state index contributed by atoms with van der Waals surface area (Å²) in [6, 6.07) is 10.0. The Kier molecular flexibility index (Phi) is 5.86. The summed E-state index contributed by atoms with van der Waals surface area (Å²) < 4.78 is 1.04. The summed E-state index contributed by atoms with van der Waals surface area (Å²) in [4.78, 5) is 8.95. The van der Waals surface area contributed by atoms with Crippen LogP contribution >= 0.6 is 15.9 Å². The largest absolute Gasteiger partial charge is 0.370 e. The predicted molar refractivity (Wildman–Crippen MR) is 104 cm³/mol. The third-order valence-electron chi connectivity index (χ3n) is 4.07. The third kappa shape index (κ3) is 5.06. The number of aromatic nitrogens is 2. The minimum Gasteiger partial charge on any atom is -0.370 e. The Balaban J connectivity index is 1.61. The van der Waals surface area contributed by atoms with E-state index in [1.54, 1.807) is 5.57 Å². The summed E-state index contributed by atoms with van der Waals surface area (Å²) >= 11 is 3.49. The lowest BCUT2D eigenvalue weighted by molar-refractivity contribution is 0.679. The van der Waals surface area contributed by atoms with Crippen molar-refractivity contribution < 1.29 is 0 Å². The summed E-state index contributed by atoms with van der Waals surface area (Å²) in [7, 11) is 0. The van der Waals surface area contributed by atoms with Crippen LogP contribution in [0.25, 0.3) is 0 Å². The van der Waals surface area contributed by atoms with Crippen molar-refractivity contribution in [1.29, 1.82) is 0 Å². The third-order valence-corrected chi connectivity index (χ3v) is 4.57. The maximum atomic E-state index is 4.48. The number of nitrogens with zero attached hydrogens (tertiary/aromatic N) is 2. The van der Waals surface area contributed by atoms with Crippen molar-refractivity contribution in [3.63, 3.8) is 0 Å². The predicted octanol–water partition coefficient (Wildman–Crippen LogP) is 5.59. The standard InChI is InChI=1S/C19H23BrN4/c1-14-22-18(21-11-10-15-6-3-2-4-7-15)13-19(23-14)24-17-9-5-8-16(20)12-17/h5-6,8-9,12-13H,2-4,7,10-11H2,1H3,(H2,21,22,23,24). The highest BCUT2D eigenvalue weighted by atomic mass is 79.9. The number of aryl methyl sites for hydroxylation is 1. The first-order chi connectivity index (χ1) is 11.7. The summed E-state index contributed by atoms with van der Waals surface area (Å²) in [5.74, 6) is 2.44. The number of hydrogen-bond acceptors (Lipinski definition) is 4. The number of allylic oxidation sites excluding steroid dienone is 1. The van der Waals surface area contributed by atoms with Gasteiger partial charge in [-0.15, -0.1) is 0 Å². The Morgan fingerprint density at radius 1 is 1.12 bits per heavy atom. The van der Waals surface area contributed by atoms with Crippen molar-refractivity contribution in [3.05, 3.63) is 52.3 Å². The molecule has 1 heterocycles. The summed E-state index contributed by atoms with van der Waals surface area (Å²) in [5, 5.41) is 6.76. The lowest BCUT2D eigenvalue weighted by atomic mass is 9.97. The van der Waals surface area contributed by atoms with Gasteiger partial charge in [-0.3, -0.25) is 0 Å². The zero-order valence-corrected chi connectivity index (χ0v) is 15.6. The lowest BCUT2D eigenvalue weighted by Gasteiger charge is -2.14. The number of benzene rings is 1. The van der Waals surface area contributed by atoms with Crippen LogP contribution in [0.4, 0.5) is 17.3 Å². The highest BCUT2D eigenvalue weighted by Crippen LogP contribution is 2.22. The molecule has 0 bridgehead atoms. The Morgan fingerprint density at radius 2 is 2.00 bits per heavy atom. The van der Waals surface area contributed by atoms with E-state index in [2.05, 4.69) is 42.6 Å². The van der Waals surface area contributed by atoms with E-state index in [1.165, 1.54) is 25.7 Å². The van der Waals surface area contributed by atoms with Crippen molar-refractivity contribution in [2.75, 3.05) is 17.2 Å². The molecule has 2 aromatic rings. The molecule has 2 N–H and O–H groups in total. The first-order valence-electron chi connectivity index (χ1n) is 8.49. The molecule has 0 amide bonds. The second-order valence-electron chi connectivity index (χ2n) is 6.11. The lowest BCUT2D eigenvalue weighted by Crippen LogP contribution is -2.08. The average Bonchev–Trinajstić information content (AvgIpc) is 2.55. The number of anilines is 3. The van der Waals surface area contributed by atoms with Crippen molar-refractivity contribution in [2.24, 2.45) is 0 Å². The fourth-order valence-corrected chi connectivity index (χ4v) is 3.32. The van der Waals surface area contributed by atoms with Crippen molar-refractivity contribution in [3.8, 4) is 0 Å². The van der Waals surface area contributed by atoms with E-state index in [0.29, 0.717) is 0 Å². The molecule has 0 spiro atoms. The Bertz CT molecular complexity index is 727. The van der Waals surface area contributed by atoms with Crippen molar-refractivity contribution in [2.45, 2.75) is 39.0 Å². The van der Waals surface area contributed by atoms with Gasteiger partial charge in [-0.05, 0) is 57.2 Å². The molecule has 0 aliphatic heterocycles. The highest BCUT2D eigenvalue weighted by molar-refractivity contribution is 9.10. The molecule has 1 aromatic carbocycles. The van der Waals surface area contributed by atoms with E-state index in [1.807, 2.05) is 37.3 Å². The molecule has 0 unspecified atom stereocenters. The minimum absolute atomic E-state index is 0.759. The van der Waals surface area contributed by atoms with Crippen LogP contribution in [0.2, 0.25) is 0 Å². The number of nitrogens with one attached hydrogen (secondary N) is 2. The van der Waals surface area contributed by atoms with E-state index >= 15 is 0 Å². The fourth-order valence-electron chi connectivity index (χ4n) is 2.92. The van der Waals surface area contributed by atoms with Crippen molar-refractivity contribution in [1.82, 2.24) is 9.97 Å². The van der Waals surface area contributed by atoms with Gasteiger partial charge < -0.3 is 10.6 Å². The van der Waals surface area contributed by atoms with Crippen LogP contribution in [0.3, 0.4) is 0 Å². The van der Waals surface area contributed by atoms with E-state index in [-0.39, 0.29) is 0 Å². The molecular weight excluding hydrogens is 364 g/mol. The minimum atomic E-state index is 0.759. The smallest absolute Gasteiger partial charge is 0.136 e. The summed E-state index contributed by atoms with van der Waals surface area (Å²) in [5.41, 5.74) is 2.58. The molecule has 5 heteroatoms. The summed E-state index contributed by atoms with van der Waals surface area (Å²) in [6.45, 7) is 2.83. The van der Waals surface area contributed by atoms with Gasteiger partial charge in [0.05, 0.1) is 0 Å². The first kappa shape index (κ1) is 17.0. The molecule has 1 aliphatic rings. The topological polar surface area (TPSA) is 49.8 Å². The van der Waals surface area contributed by atoms with Gasteiger partial charge in [-0.25, -0.2) is 9.97 Å². The van der Waals surface area contributed by atoms with Gasteiger partial charge in [0.2, 0.25) is 0 Å². The molecule has 0 radical (unpaired) electrons. The molecule has 0 saturated heterocycles.